The third kappa shape index (κ3) is 3.02. The second-order valence-electron chi connectivity index (χ2n) is 5.70. The van der Waals surface area contributed by atoms with Crippen LogP contribution in [0.2, 0.25) is 5.15 Å². The van der Waals surface area contributed by atoms with Crippen LogP contribution in [0.15, 0.2) is 36.7 Å². The van der Waals surface area contributed by atoms with Crippen molar-refractivity contribution >= 4 is 28.5 Å². The maximum atomic E-state index is 6.23. The van der Waals surface area contributed by atoms with Crippen molar-refractivity contribution < 1.29 is 4.74 Å². The van der Waals surface area contributed by atoms with E-state index in [0.29, 0.717) is 11.2 Å². The minimum Gasteiger partial charge on any atom is -0.381 e. The molecular weight excluding hydrogens is 312 g/mol. The third-order valence-electron chi connectivity index (χ3n) is 4.13. The molecule has 0 amide bonds. The van der Waals surface area contributed by atoms with Gasteiger partial charge in [0.25, 0.3) is 0 Å². The Morgan fingerprint density at radius 1 is 1.26 bits per heavy atom. The highest BCUT2D eigenvalue weighted by atomic mass is 35.5. The van der Waals surface area contributed by atoms with Crippen LogP contribution in [0, 0.1) is 0 Å². The molecule has 5 nitrogen and oxygen atoms in total. The van der Waals surface area contributed by atoms with Gasteiger partial charge in [0.05, 0.1) is 0 Å². The number of aromatic amines is 1. The Bertz CT molecular complexity index is 826. The van der Waals surface area contributed by atoms with E-state index < -0.39 is 0 Å². The van der Waals surface area contributed by atoms with E-state index in [-0.39, 0.29) is 0 Å². The number of halogens is 1. The smallest absolute Gasteiger partial charge is 0.137 e. The summed E-state index contributed by atoms with van der Waals surface area (Å²) in [6.07, 6.45) is 5.71. The van der Waals surface area contributed by atoms with E-state index in [4.69, 9.17) is 16.3 Å². The summed E-state index contributed by atoms with van der Waals surface area (Å²) in [5.41, 5.74) is 2.97. The Morgan fingerprint density at radius 2 is 2.13 bits per heavy atom. The van der Waals surface area contributed by atoms with Crippen LogP contribution in [-0.4, -0.2) is 34.2 Å². The zero-order valence-corrected chi connectivity index (χ0v) is 13.3. The van der Waals surface area contributed by atoms with Crippen LogP contribution >= 0.6 is 11.6 Å². The average molecular weight is 329 g/mol. The fourth-order valence-electron chi connectivity index (χ4n) is 2.97. The maximum absolute atomic E-state index is 6.23. The van der Waals surface area contributed by atoms with E-state index in [1.165, 1.54) is 0 Å². The van der Waals surface area contributed by atoms with Gasteiger partial charge in [-0.25, -0.2) is 9.97 Å². The number of ether oxygens (including phenoxy) is 1. The number of rotatable bonds is 3. The van der Waals surface area contributed by atoms with Crippen LogP contribution in [-0.2, 0) is 4.74 Å². The minimum absolute atomic E-state index is 0.382. The molecule has 2 N–H and O–H groups in total. The minimum atomic E-state index is 0.382. The van der Waals surface area contributed by atoms with Crippen molar-refractivity contribution in [2.45, 2.75) is 18.9 Å². The summed E-state index contributed by atoms with van der Waals surface area (Å²) in [5, 5.41) is 5.03. The van der Waals surface area contributed by atoms with E-state index in [2.05, 4.69) is 20.3 Å². The molecular formula is C17H17ClN4O. The Balaban J connectivity index is 1.68. The predicted molar refractivity (Wildman–Crippen MR) is 91.8 cm³/mol. The van der Waals surface area contributed by atoms with E-state index in [9.17, 15) is 0 Å². The van der Waals surface area contributed by atoms with Crippen LogP contribution < -0.4 is 5.32 Å². The predicted octanol–water partition coefficient (Wildman–Crippen LogP) is 3.87. The van der Waals surface area contributed by atoms with Gasteiger partial charge < -0.3 is 15.0 Å². The van der Waals surface area contributed by atoms with Gasteiger partial charge in [0.1, 0.15) is 16.6 Å². The summed E-state index contributed by atoms with van der Waals surface area (Å²) < 4.78 is 5.39. The SMILES string of the molecule is Clc1cc(-c2c[nH]c3ncccc23)cc(NC2CCOCC2)n1. The van der Waals surface area contributed by atoms with Crippen molar-refractivity contribution in [1.29, 1.82) is 0 Å². The molecule has 0 unspecified atom stereocenters. The second-order valence-corrected chi connectivity index (χ2v) is 6.08. The Kier molecular flexibility index (Phi) is 3.89. The van der Waals surface area contributed by atoms with Crippen molar-refractivity contribution in [2.24, 2.45) is 0 Å². The molecule has 0 atom stereocenters. The summed E-state index contributed by atoms with van der Waals surface area (Å²) in [4.78, 5) is 11.9. The summed E-state index contributed by atoms with van der Waals surface area (Å²) >= 11 is 6.23. The lowest BCUT2D eigenvalue weighted by Gasteiger charge is -2.23. The Morgan fingerprint density at radius 3 is 3.00 bits per heavy atom. The number of hydrogen-bond donors (Lipinski definition) is 2. The first-order chi connectivity index (χ1) is 11.3. The summed E-state index contributed by atoms with van der Waals surface area (Å²) in [5.74, 6) is 0.803. The molecule has 118 valence electrons. The van der Waals surface area contributed by atoms with Gasteiger partial charge in [-0.15, -0.1) is 0 Å². The summed E-state index contributed by atoms with van der Waals surface area (Å²) in [6.45, 7) is 1.58. The van der Waals surface area contributed by atoms with Crippen molar-refractivity contribution in [3.05, 3.63) is 41.8 Å². The highest BCUT2D eigenvalue weighted by Gasteiger charge is 2.15. The van der Waals surface area contributed by atoms with Gasteiger partial charge in [-0.2, -0.15) is 0 Å². The van der Waals surface area contributed by atoms with E-state index in [0.717, 1.165) is 54.0 Å². The van der Waals surface area contributed by atoms with E-state index >= 15 is 0 Å². The molecule has 3 aromatic heterocycles. The number of pyridine rings is 2. The molecule has 0 bridgehead atoms. The molecule has 1 aliphatic heterocycles. The molecule has 6 heteroatoms. The van der Waals surface area contributed by atoms with Gasteiger partial charge in [-0.1, -0.05) is 11.6 Å². The molecule has 23 heavy (non-hydrogen) atoms. The number of nitrogens with zero attached hydrogens (tertiary/aromatic N) is 2. The molecule has 4 rings (SSSR count). The topological polar surface area (TPSA) is 62.8 Å². The third-order valence-corrected chi connectivity index (χ3v) is 4.32. The maximum Gasteiger partial charge on any atom is 0.137 e. The molecule has 4 heterocycles. The van der Waals surface area contributed by atoms with Crippen LogP contribution in [0.3, 0.4) is 0 Å². The molecule has 0 aromatic carbocycles. The van der Waals surface area contributed by atoms with Crippen LogP contribution in [0.25, 0.3) is 22.2 Å². The Hall–Kier alpha value is -2.11. The van der Waals surface area contributed by atoms with E-state index in [1.54, 1.807) is 6.20 Å². The number of aromatic nitrogens is 3. The highest BCUT2D eigenvalue weighted by Crippen LogP contribution is 2.31. The number of fused-ring (bicyclic) bond motifs is 1. The van der Waals surface area contributed by atoms with Gasteiger partial charge in [0.2, 0.25) is 0 Å². The van der Waals surface area contributed by atoms with Crippen molar-refractivity contribution in [1.82, 2.24) is 15.0 Å². The zero-order chi connectivity index (χ0) is 15.6. The lowest BCUT2D eigenvalue weighted by molar-refractivity contribution is 0.0904. The Labute approximate surface area is 139 Å². The molecule has 0 saturated carbocycles. The normalized spacial score (nSPS) is 15.9. The van der Waals surface area contributed by atoms with Crippen LogP contribution in [0.5, 0.6) is 0 Å². The molecule has 1 fully saturated rings. The first-order valence-electron chi connectivity index (χ1n) is 7.74. The van der Waals surface area contributed by atoms with Crippen molar-refractivity contribution in [3.63, 3.8) is 0 Å². The van der Waals surface area contributed by atoms with Gasteiger partial charge in [-0.3, -0.25) is 0 Å². The lowest BCUT2D eigenvalue weighted by Crippen LogP contribution is -2.28. The van der Waals surface area contributed by atoms with E-state index in [1.807, 2.05) is 30.5 Å². The molecule has 0 aliphatic carbocycles. The first-order valence-corrected chi connectivity index (χ1v) is 8.12. The summed E-state index contributed by atoms with van der Waals surface area (Å²) in [6, 6.07) is 8.29. The van der Waals surface area contributed by atoms with Crippen LogP contribution in [0.4, 0.5) is 5.82 Å². The van der Waals surface area contributed by atoms with Crippen molar-refractivity contribution in [3.8, 4) is 11.1 Å². The summed E-state index contributed by atoms with van der Waals surface area (Å²) in [7, 11) is 0. The van der Waals surface area contributed by atoms with Gasteiger partial charge >= 0.3 is 0 Å². The number of anilines is 1. The molecule has 3 aromatic rings. The number of hydrogen-bond acceptors (Lipinski definition) is 4. The fraction of sp³-hybridized carbons (Fsp3) is 0.294. The zero-order valence-electron chi connectivity index (χ0n) is 12.6. The standard InChI is InChI=1S/C17H17ClN4O/c18-15-8-11(14-10-20-17-13(14)2-1-5-19-17)9-16(22-15)21-12-3-6-23-7-4-12/h1-2,5,8-10,12H,3-4,6-7H2,(H,19,20)(H,21,22). The monoisotopic (exact) mass is 328 g/mol. The second kappa shape index (κ2) is 6.18. The first kappa shape index (κ1) is 14.5. The molecule has 0 radical (unpaired) electrons. The van der Waals surface area contributed by atoms with Gasteiger partial charge in [0, 0.05) is 42.6 Å². The molecule has 1 saturated heterocycles. The van der Waals surface area contributed by atoms with Crippen molar-refractivity contribution in [2.75, 3.05) is 18.5 Å². The lowest BCUT2D eigenvalue weighted by atomic mass is 10.1. The highest BCUT2D eigenvalue weighted by molar-refractivity contribution is 6.29. The van der Waals surface area contributed by atoms with Crippen LogP contribution in [0.1, 0.15) is 12.8 Å². The largest absolute Gasteiger partial charge is 0.381 e. The molecule has 1 aliphatic rings. The van der Waals surface area contributed by atoms with Gasteiger partial charge in [0.15, 0.2) is 0 Å². The fourth-order valence-corrected chi connectivity index (χ4v) is 3.18. The number of nitrogens with one attached hydrogen (secondary N) is 2. The average Bonchev–Trinajstić information content (AvgIpc) is 2.99. The quantitative estimate of drug-likeness (QED) is 0.716. The van der Waals surface area contributed by atoms with Gasteiger partial charge in [-0.05, 0) is 42.7 Å². The molecule has 0 spiro atoms. The number of H-pyrrole nitrogens is 1.